The molecule has 22 heavy (non-hydrogen) atoms. The molecule has 0 unspecified atom stereocenters. The van der Waals surface area contributed by atoms with Crippen LogP contribution in [-0.2, 0) is 4.79 Å². The predicted octanol–water partition coefficient (Wildman–Crippen LogP) is 3.37. The lowest BCUT2D eigenvalue weighted by Gasteiger charge is -2.13. The third-order valence-electron chi connectivity index (χ3n) is 2.87. The van der Waals surface area contributed by atoms with Gasteiger partial charge in [0.25, 0.3) is 5.91 Å². The average Bonchev–Trinajstić information content (AvgIpc) is 2.54. The maximum atomic E-state index is 11.9. The molecule has 0 saturated carbocycles. The summed E-state index contributed by atoms with van der Waals surface area (Å²) in [4.78, 5) is 11.9. The number of carbonyl (C=O) groups excluding carboxylic acids is 1. The van der Waals surface area contributed by atoms with Gasteiger partial charge in [-0.3, -0.25) is 4.79 Å². The number of amides is 1. The van der Waals surface area contributed by atoms with Crippen LogP contribution in [0, 0.1) is 0 Å². The average molecular weight is 322 g/mol. The second kappa shape index (κ2) is 7.56. The summed E-state index contributed by atoms with van der Waals surface area (Å²) in [6.45, 7) is -0.172. The molecule has 0 atom stereocenters. The van der Waals surface area contributed by atoms with Crippen LogP contribution in [0.25, 0.3) is 0 Å². The quantitative estimate of drug-likeness (QED) is 0.886. The molecule has 0 aliphatic rings. The van der Waals surface area contributed by atoms with Gasteiger partial charge in [0, 0.05) is 0 Å². The molecule has 1 N–H and O–H groups in total. The minimum atomic E-state index is -0.321. The van der Waals surface area contributed by atoms with E-state index in [1.165, 1.54) is 14.2 Å². The van der Waals surface area contributed by atoms with E-state index in [4.69, 9.17) is 25.8 Å². The van der Waals surface area contributed by atoms with Gasteiger partial charge >= 0.3 is 0 Å². The molecule has 0 radical (unpaired) electrons. The minimum Gasteiger partial charge on any atom is -0.493 e. The molecule has 0 aliphatic carbocycles. The molecule has 0 heterocycles. The zero-order chi connectivity index (χ0) is 15.9. The number of nitrogens with one attached hydrogen (secondary N) is 1. The topological polar surface area (TPSA) is 56.8 Å². The van der Waals surface area contributed by atoms with E-state index in [2.05, 4.69) is 5.32 Å². The molecule has 1 amide bonds. The Balaban J connectivity index is 2.01. The summed E-state index contributed by atoms with van der Waals surface area (Å²) in [6.07, 6.45) is 0. The predicted molar refractivity (Wildman–Crippen MR) is 85.1 cm³/mol. The zero-order valence-electron chi connectivity index (χ0n) is 12.3. The molecule has 2 aromatic carbocycles. The van der Waals surface area contributed by atoms with Crippen LogP contribution in [0.15, 0.2) is 42.5 Å². The second-order valence-corrected chi connectivity index (χ2v) is 4.72. The van der Waals surface area contributed by atoms with Gasteiger partial charge in [-0.05, 0) is 24.3 Å². The van der Waals surface area contributed by atoms with Gasteiger partial charge in [0.2, 0.25) is 5.75 Å². The maximum absolute atomic E-state index is 11.9. The van der Waals surface area contributed by atoms with Crippen molar-refractivity contribution in [3.63, 3.8) is 0 Å². The molecule has 0 fully saturated rings. The molecule has 0 aromatic heterocycles. The van der Waals surface area contributed by atoms with Gasteiger partial charge in [-0.1, -0.05) is 29.8 Å². The highest BCUT2D eigenvalue weighted by molar-refractivity contribution is 6.33. The number of benzene rings is 2. The molecule has 2 aromatic rings. The number of ether oxygens (including phenoxy) is 3. The molecule has 6 heteroatoms. The molecule has 2 rings (SSSR count). The number of rotatable bonds is 6. The Hall–Kier alpha value is -2.40. The van der Waals surface area contributed by atoms with Crippen molar-refractivity contribution in [2.24, 2.45) is 0 Å². The Morgan fingerprint density at radius 2 is 1.77 bits per heavy atom. The van der Waals surface area contributed by atoms with Crippen molar-refractivity contribution in [3.05, 3.63) is 47.5 Å². The van der Waals surface area contributed by atoms with E-state index in [1.54, 1.807) is 42.5 Å². The van der Waals surface area contributed by atoms with Gasteiger partial charge < -0.3 is 19.5 Å². The van der Waals surface area contributed by atoms with Gasteiger partial charge in [-0.15, -0.1) is 0 Å². The fraction of sp³-hybridized carbons (Fsp3) is 0.188. The Morgan fingerprint density at radius 3 is 2.45 bits per heavy atom. The smallest absolute Gasteiger partial charge is 0.262 e. The van der Waals surface area contributed by atoms with Crippen molar-refractivity contribution in [2.75, 3.05) is 26.1 Å². The van der Waals surface area contributed by atoms with Crippen LogP contribution < -0.4 is 19.5 Å². The third-order valence-corrected chi connectivity index (χ3v) is 3.20. The summed E-state index contributed by atoms with van der Waals surface area (Å²) in [7, 11) is 3.04. The standard InChI is InChI=1S/C16H16ClNO4/c1-20-13-8-5-9-14(16(13)21-2)22-10-15(19)18-12-7-4-3-6-11(12)17/h3-9H,10H2,1-2H3,(H,18,19). The molecule has 0 spiro atoms. The van der Waals surface area contributed by atoms with E-state index < -0.39 is 0 Å². The lowest BCUT2D eigenvalue weighted by atomic mass is 10.3. The fourth-order valence-electron chi connectivity index (χ4n) is 1.86. The van der Waals surface area contributed by atoms with Crippen molar-refractivity contribution in [3.8, 4) is 17.2 Å². The number of hydrogen-bond acceptors (Lipinski definition) is 4. The highest BCUT2D eigenvalue weighted by Crippen LogP contribution is 2.36. The third kappa shape index (κ3) is 3.83. The summed E-state index contributed by atoms with van der Waals surface area (Å²) >= 11 is 5.98. The fourth-order valence-corrected chi connectivity index (χ4v) is 2.05. The van der Waals surface area contributed by atoms with Crippen LogP contribution in [-0.4, -0.2) is 26.7 Å². The van der Waals surface area contributed by atoms with E-state index in [0.29, 0.717) is 28.0 Å². The van der Waals surface area contributed by atoms with Gasteiger partial charge in [0.15, 0.2) is 18.1 Å². The highest BCUT2D eigenvalue weighted by Gasteiger charge is 2.12. The molecule has 5 nitrogen and oxygen atoms in total. The second-order valence-electron chi connectivity index (χ2n) is 4.31. The number of methoxy groups -OCH3 is 2. The Bertz CT molecular complexity index is 660. The lowest BCUT2D eigenvalue weighted by Crippen LogP contribution is -2.20. The summed E-state index contributed by atoms with van der Waals surface area (Å²) in [5, 5.41) is 3.15. The Labute approximate surface area is 133 Å². The SMILES string of the molecule is COc1cccc(OCC(=O)Nc2ccccc2Cl)c1OC. The largest absolute Gasteiger partial charge is 0.493 e. The van der Waals surface area contributed by atoms with Crippen LogP contribution >= 0.6 is 11.6 Å². The molecule has 116 valence electrons. The first-order valence-electron chi connectivity index (χ1n) is 6.54. The molecule has 0 bridgehead atoms. The van der Waals surface area contributed by atoms with E-state index in [9.17, 15) is 4.79 Å². The number of para-hydroxylation sites is 2. The van der Waals surface area contributed by atoms with Crippen LogP contribution in [0.2, 0.25) is 5.02 Å². The first-order valence-corrected chi connectivity index (χ1v) is 6.91. The molecule has 0 saturated heterocycles. The summed E-state index contributed by atoms with van der Waals surface area (Å²) in [6, 6.07) is 12.2. The number of hydrogen-bond donors (Lipinski definition) is 1. The van der Waals surface area contributed by atoms with Gasteiger partial charge in [0.05, 0.1) is 24.9 Å². The van der Waals surface area contributed by atoms with Crippen LogP contribution in [0.3, 0.4) is 0 Å². The van der Waals surface area contributed by atoms with Crippen molar-refractivity contribution >= 4 is 23.2 Å². The maximum Gasteiger partial charge on any atom is 0.262 e. The van der Waals surface area contributed by atoms with Crippen LogP contribution in [0.1, 0.15) is 0 Å². The number of anilines is 1. The number of halogens is 1. The lowest BCUT2D eigenvalue weighted by molar-refractivity contribution is -0.118. The van der Waals surface area contributed by atoms with Gasteiger partial charge in [-0.2, -0.15) is 0 Å². The van der Waals surface area contributed by atoms with Crippen LogP contribution in [0.4, 0.5) is 5.69 Å². The van der Waals surface area contributed by atoms with Crippen LogP contribution in [0.5, 0.6) is 17.2 Å². The minimum absolute atomic E-state index is 0.172. The zero-order valence-corrected chi connectivity index (χ0v) is 13.0. The number of carbonyl (C=O) groups is 1. The first kappa shape index (κ1) is 16.0. The van der Waals surface area contributed by atoms with E-state index >= 15 is 0 Å². The van der Waals surface area contributed by atoms with E-state index in [0.717, 1.165) is 0 Å². The summed E-state index contributed by atoms with van der Waals surface area (Å²) < 4.78 is 15.9. The summed E-state index contributed by atoms with van der Waals surface area (Å²) in [5.74, 6) is 1.08. The molecule has 0 aliphatic heterocycles. The highest BCUT2D eigenvalue weighted by atomic mass is 35.5. The summed E-state index contributed by atoms with van der Waals surface area (Å²) in [5.41, 5.74) is 0.537. The van der Waals surface area contributed by atoms with E-state index in [-0.39, 0.29) is 12.5 Å². The van der Waals surface area contributed by atoms with Crippen molar-refractivity contribution in [1.82, 2.24) is 0 Å². The van der Waals surface area contributed by atoms with Crippen molar-refractivity contribution < 1.29 is 19.0 Å². The van der Waals surface area contributed by atoms with Gasteiger partial charge in [0.1, 0.15) is 0 Å². The monoisotopic (exact) mass is 321 g/mol. The van der Waals surface area contributed by atoms with Crippen molar-refractivity contribution in [2.45, 2.75) is 0 Å². The Kier molecular flexibility index (Phi) is 5.49. The first-order chi connectivity index (χ1) is 10.7. The van der Waals surface area contributed by atoms with E-state index in [1.807, 2.05) is 0 Å². The Morgan fingerprint density at radius 1 is 1.05 bits per heavy atom. The van der Waals surface area contributed by atoms with Crippen molar-refractivity contribution in [1.29, 1.82) is 0 Å². The van der Waals surface area contributed by atoms with Gasteiger partial charge in [-0.25, -0.2) is 0 Å². The normalized spacial score (nSPS) is 9.95. The molecular formula is C16H16ClNO4. The molecular weight excluding hydrogens is 306 g/mol.